The molecule has 4 nitrogen and oxygen atoms in total. The Morgan fingerprint density at radius 3 is 2.81 bits per heavy atom. The Labute approximate surface area is 181 Å². The van der Waals surface area contributed by atoms with Gasteiger partial charge in [0.1, 0.15) is 5.83 Å². The first-order chi connectivity index (χ1) is 15.0. The number of fused-ring (bicyclic) bond motifs is 1. The van der Waals surface area contributed by atoms with Crippen LogP contribution >= 0.6 is 0 Å². The zero-order chi connectivity index (χ0) is 21.7. The van der Waals surface area contributed by atoms with Crippen LogP contribution in [0.15, 0.2) is 106 Å². The van der Waals surface area contributed by atoms with Crippen LogP contribution in [-0.2, 0) is 5.41 Å². The lowest BCUT2D eigenvalue weighted by Crippen LogP contribution is -2.20. The molecule has 1 aromatic heterocycles. The van der Waals surface area contributed by atoms with Crippen molar-refractivity contribution >= 4 is 24.0 Å². The summed E-state index contributed by atoms with van der Waals surface area (Å²) in [5.74, 6) is 0.375. The Morgan fingerprint density at radius 1 is 1.13 bits per heavy atom. The lowest BCUT2D eigenvalue weighted by atomic mass is 9.76. The summed E-state index contributed by atoms with van der Waals surface area (Å²) in [5.41, 5.74) is 4.26. The lowest BCUT2D eigenvalue weighted by Gasteiger charge is -2.28. The number of nitrogens with zero attached hydrogens (tertiary/aromatic N) is 4. The molecule has 2 heterocycles. The van der Waals surface area contributed by atoms with Crippen LogP contribution in [0, 0.1) is 0 Å². The van der Waals surface area contributed by atoms with E-state index in [9.17, 15) is 4.39 Å². The maximum atomic E-state index is 13.5. The van der Waals surface area contributed by atoms with Gasteiger partial charge < -0.3 is 0 Å². The highest BCUT2D eigenvalue weighted by Crippen LogP contribution is 2.36. The second-order valence-electron chi connectivity index (χ2n) is 7.78. The molecule has 0 spiro atoms. The number of amidine groups is 1. The molecule has 31 heavy (non-hydrogen) atoms. The summed E-state index contributed by atoms with van der Waals surface area (Å²) >= 11 is 0. The van der Waals surface area contributed by atoms with Crippen molar-refractivity contribution in [2.75, 3.05) is 0 Å². The van der Waals surface area contributed by atoms with Crippen molar-refractivity contribution in [2.45, 2.75) is 25.7 Å². The lowest BCUT2D eigenvalue weighted by molar-refractivity contribution is 0.563. The van der Waals surface area contributed by atoms with Gasteiger partial charge in [0.05, 0.1) is 5.69 Å². The maximum Gasteiger partial charge on any atom is 0.161 e. The first kappa shape index (κ1) is 20.5. The van der Waals surface area contributed by atoms with Crippen molar-refractivity contribution in [3.05, 3.63) is 107 Å². The molecule has 1 aromatic carbocycles. The van der Waals surface area contributed by atoms with E-state index in [2.05, 4.69) is 28.0 Å². The second-order valence-corrected chi connectivity index (χ2v) is 7.78. The van der Waals surface area contributed by atoms with Crippen LogP contribution in [0.2, 0.25) is 0 Å². The maximum absolute atomic E-state index is 13.5. The number of aliphatic imine (C=N–C) groups is 3. The van der Waals surface area contributed by atoms with E-state index in [1.807, 2.05) is 49.4 Å². The SMILES string of the molecule is CC1=C/C=NC(c2cccnc2)=Nc2ccc(C3(C)C=CC(F)=CC3)cc2C=N/C=C\1. The first-order valence-corrected chi connectivity index (χ1v) is 10.1. The molecular weight excluding hydrogens is 387 g/mol. The molecule has 0 fully saturated rings. The molecule has 154 valence electrons. The predicted octanol–water partition coefficient (Wildman–Crippen LogP) is 6.19. The molecule has 2 aromatic rings. The third-order valence-corrected chi connectivity index (χ3v) is 5.34. The van der Waals surface area contributed by atoms with Gasteiger partial charge in [-0.25, -0.2) is 14.4 Å². The van der Waals surface area contributed by atoms with Crippen molar-refractivity contribution in [1.29, 1.82) is 0 Å². The number of halogens is 1. The van der Waals surface area contributed by atoms with Gasteiger partial charge >= 0.3 is 0 Å². The van der Waals surface area contributed by atoms with Gasteiger partial charge in [-0.2, -0.15) is 0 Å². The summed E-state index contributed by atoms with van der Waals surface area (Å²) < 4.78 is 13.5. The molecule has 0 amide bonds. The fraction of sp³-hybridized carbons (Fsp3) is 0.154. The molecule has 0 N–H and O–H groups in total. The fourth-order valence-corrected chi connectivity index (χ4v) is 3.38. The molecule has 0 bridgehead atoms. The van der Waals surface area contributed by atoms with Crippen LogP contribution < -0.4 is 0 Å². The van der Waals surface area contributed by atoms with Crippen molar-refractivity contribution < 1.29 is 4.39 Å². The van der Waals surface area contributed by atoms with Gasteiger partial charge in [-0.1, -0.05) is 19.1 Å². The van der Waals surface area contributed by atoms with E-state index in [0.29, 0.717) is 12.3 Å². The minimum absolute atomic E-state index is 0.192. The third-order valence-electron chi connectivity index (χ3n) is 5.34. The normalized spacial score (nSPS) is 23.5. The van der Waals surface area contributed by atoms with Crippen LogP contribution in [0.25, 0.3) is 0 Å². The van der Waals surface area contributed by atoms with E-state index >= 15 is 0 Å². The van der Waals surface area contributed by atoms with Gasteiger partial charge in [0.25, 0.3) is 0 Å². The topological polar surface area (TPSA) is 50.0 Å². The van der Waals surface area contributed by atoms with Crippen LogP contribution in [0.5, 0.6) is 0 Å². The summed E-state index contributed by atoms with van der Waals surface area (Å²) in [5, 5.41) is 0. The average molecular weight is 410 g/mol. The van der Waals surface area contributed by atoms with Crippen molar-refractivity contribution in [3.63, 3.8) is 0 Å². The quantitative estimate of drug-likeness (QED) is 0.582. The number of allylic oxidation sites excluding steroid dienone is 7. The van der Waals surface area contributed by atoms with Gasteiger partial charge in [-0.3, -0.25) is 9.98 Å². The molecular formula is C26H23FN4. The zero-order valence-electron chi connectivity index (χ0n) is 17.5. The van der Waals surface area contributed by atoms with Gasteiger partial charge in [-0.05, 0) is 73.1 Å². The average Bonchev–Trinajstić information content (AvgIpc) is 2.78. The summed E-state index contributed by atoms with van der Waals surface area (Å²) in [4.78, 5) is 18.1. The van der Waals surface area contributed by atoms with Crippen LogP contribution in [0.1, 0.15) is 37.0 Å². The Morgan fingerprint density at radius 2 is 2.03 bits per heavy atom. The standard InChI is InChI=1S/C26H23FN4/c1-19-9-14-29-18-21-16-22(26(2)11-7-23(27)8-12-26)5-6-24(21)31-25(30-15-10-19)20-4-3-13-28-17-20/h3-11,13-18H,12H2,1-2H3/b14-9-,15-10?,19-9?,19-10-,21-18?,29-14?,29-18?,30-15?,30-25?,31-24?,31-25?. The highest BCUT2D eigenvalue weighted by molar-refractivity contribution is 6.06. The van der Waals surface area contributed by atoms with E-state index < -0.39 is 0 Å². The van der Waals surface area contributed by atoms with Crippen molar-refractivity contribution in [2.24, 2.45) is 15.0 Å². The van der Waals surface area contributed by atoms with E-state index in [1.54, 1.807) is 37.1 Å². The van der Waals surface area contributed by atoms with Crippen molar-refractivity contribution in [1.82, 2.24) is 4.98 Å². The minimum atomic E-state index is -0.286. The molecule has 1 atom stereocenters. The van der Waals surface area contributed by atoms with E-state index in [4.69, 9.17) is 4.99 Å². The summed E-state index contributed by atoms with van der Waals surface area (Å²) in [6.07, 6.45) is 18.3. The molecule has 1 aliphatic heterocycles. The first-order valence-electron chi connectivity index (χ1n) is 10.1. The van der Waals surface area contributed by atoms with Crippen LogP contribution in [0.4, 0.5) is 10.1 Å². The second kappa shape index (κ2) is 8.96. The molecule has 1 aliphatic carbocycles. The van der Waals surface area contributed by atoms with E-state index in [1.165, 1.54) is 6.08 Å². The number of pyridine rings is 1. The van der Waals surface area contributed by atoms with Crippen molar-refractivity contribution in [3.8, 4) is 0 Å². The smallest absolute Gasteiger partial charge is 0.161 e. The van der Waals surface area contributed by atoms with Crippen LogP contribution in [-0.4, -0.2) is 23.2 Å². The zero-order valence-corrected chi connectivity index (χ0v) is 17.5. The number of aromatic nitrogens is 1. The monoisotopic (exact) mass is 410 g/mol. The Balaban J connectivity index is 1.83. The molecule has 1 unspecified atom stereocenters. The fourth-order valence-electron chi connectivity index (χ4n) is 3.38. The number of rotatable bonds is 2. The largest absolute Gasteiger partial charge is 0.264 e. The Kier molecular flexibility index (Phi) is 5.94. The minimum Gasteiger partial charge on any atom is -0.264 e. The molecule has 2 aliphatic rings. The number of benzene rings is 1. The van der Waals surface area contributed by atoms with Crippen LogP contribution in [0.3, 0.4) is 0 Å². The summed E-state index contributed by atoms with van der Waals surface area (Å²) in [6, 6.07) is 9.86. The highest BCUT2D eigenvalue weighted by atomic mass is 19.1. The summed E-state index contributed by atoms with van der Waals surface area (Å²) in [7, 11) is 0. The van der Waals surface area contributed by atoms with Gasteiger partial charge in [-0.15, -0.1) is 0 Å². The molecule has 0 saturated carbocycles. The molecule has 0 saturated heterocycles. The third kappa shape index (κ3) is 4.89. The van der Waals surface area contributed by atoms with Gasteiger partial charge in [0.2, 0.25) is 0 Å². The predicted molar refractivity (Wildman–Crippen MR) is 126 cm³/mol. The van der Waals surface area contributed by atoms with E-state index in [-0.39, 0.29) is 11.2 Å². The number of hydrogen-bond donors (Lipinski definition) is 0. The Hall–Kier alpha value is -3.73. The van der Waals surface area contributed by atoms with Gasteiger partial charge in [0.15, 0.2) is 5.84 Å². The molecule has 5 heteroatoms. The molecule has 0 radical (unpaired) electrons. The number of hydrogen-bond acceptors (Lipinski definition) is 4. The van der Waals surface area contributed by atoms with Gasteiger partial charge in [0, 0.05) is 47.6 Å². The summed E-state index contributed by atoms with van der Waals surface area (Å²) in [6.45, 7) is 4.09. The Bertz CT molecular complexity index is 1180. The highest BCUT2D eigenvalue weighted by Gasteiger charge is 2.25. The molecule has 4 rings (SSSR count). The van der Waals surface area contributed by atoms with E-state index in [0.717, 1.165) is 28.0 Å².